The van der Waals surface area contributed by atoms with Crippen molar-refractivity contribution >= 4 is 29.0 Å². The van der Waals surface area contributed by atoms with E-state index in [1.165, 1.54) is 27.4 Å². The fourth-order valence-corrected chi connectivity index (χ4v) is 4.05. The third kappa shape index (κ3) is 3.65. The van der Waals surface area contributed by atoms with Crippen LogP contribution < -0.4 is 0 Å². The van der Waals surface area contributed by atoms with E-state index in [1.54, 1.807) is 38.4 Å². The van der Waals surface area contributed by atoms with Gasteiger partial charge in [-0.25, -0.2) is 4.98 Å². The second-order valence-electron chi connectivity index (χ2n) is 5.44. The highest BCUT2D eigenvalue weighted by Crippen LogP contribution is 2.28. The molecule has 0 fully saturated rings. The lowest BCUT2D eigenvalue weighted by Gasteiger charge is -2.08. The van der Waals surface area contributed by atoms with Crippen LogP contribution in [0, 0.1) is 6.92 Å². The van der Waals surface area contributed by atoms with Gasteiger partial charge in [-0.2, -0.15) is 0 Å². The Balaban J connectivity index is 1.68. The maximum atomic E-state index is 11.9. The molecule has 3 rings (SSSR count). The number of rotatable bonds is 5. The van der Waals surface area contributed by atoms with Crippen LogP contribution in [-0.2, 0) is 5.75 Å². The molecule has 0 N–H and O–H groups in total. The van der Waals surface area contributed by atoms with Crippen LogP contribution in [0.25, 0.3) is 5.69 Å². The van der Waals surface area contributed by atoms with Crippen molar-refractivity contribution in [3.8, 4) is 5.69 Å². The van der Waals surface area contributed by atoms with Crippen LogP contribution in [0.2, 0.25) is 0 Å². The van der Waals surface area contributed by atoms with Crippen molar-refractivity contribution in [2.45, 2.75) is 17.0 Å². The fraction of sp³-hybridized carbons (Fsp3) is 0.250. The van der Waals surface area contributed by atoms with E-state index in [2.05, 4.69) is 40.3 Å². The molecular formula is C16H17N5OS2. The first kappa shape index (κ1) is 16.7. The summed E-state index contributed by atoms with van der Waals surface area (Å²) in [5.74, 6) is 0.682. The summed E-state index contributed by atoms with van der Waals surface area (Å²) in [4.78, 5) is 17.4. The highest BCUT2D eigenvalue weighted by molar-refractivity contribution is 8.00. The Morgan fingerprint density at radius 1 is 1.33 bits per heavy atom. The average molecular weight is 359 g/mol. The van der Waals surface area contributed by atoms with Crippen molar-refractivity contribution < 1.29 is 4.79 Å². The van der Waals surface area contributed by atoms with E-state index in [4.69, 9.17) is 0 Å². The molecule has 0 atom stereocenters. The van der Waals surface area contributed by atoms with Crippen LogP contribution in [0.15, 0.2) is 41.3 Å². The highest BCUT2D eigenvalue weighted by Gasteiger charge is 2.15. The summed E-state index contributed by atoms with van der Waals surface area (Å²) >= 11 is 2.93. The summed E-state index contributed by atoms with van der Waals surface area (Å²) in [6, 6.07) is 6.33. The second kappa shape index (κ2) is 7.14. The maximum Gasteiger partial charge on any atom is 0.284 e. The molecule has 3 aromatic rings. The third-order valence-corrected chi connectivity index (χ3v) is 5.57. The van der Waals surface area contributed by atoms with E-state index in [-0.39, 0.29) is 5.91 Å². The number of benzene rings is 1. The number of hydrogen-bond donors (Lipinski definition) is 0. The van der Waals surface area contributed by atoms with Crippen LogP contribution >= 0.6 is 23.1 Å². The van der Waals surface area contributed by atoms with Gasteiger partial charge in [0.25, 0.3) is 5.91 Å². The number of nitrogens with zero attached hydrogens (tertiary/aromatic N) is 5. The smallest absolute Gasteiger partial charge is 0.284 e. The van der Waals surface area contributed by atoms with Crippen molar-refractivity contribution in [2.24, 2.45) is 0 Å². The molecule has 0 radical (unpaired) electrons. The molecule has 0 spiro atoms. The molecule has 124 valence electrons. The molecule has 6 nitrogen and oxygen atoms in total. The number of carbonyl (C=O) groups is 1. The van der Waals surface area contributed by atoms with E-state index in [9.17, 15) is 4.79 Å². The lowest BCUT2D eigenvalue weighted by molar-refractivity contribution is 0.0826. The molecule has 0 aliphatic carbocycles. The van der Waals surface area contributed by atoms with Crippen molar-refractivity contribution in [2.75, 3.05) is 14.1 Å². The van der Waals surface area contributed by atoms with Crippen molar-refractivity contribution in [1.29, 1.82) is 0 Å². The van der Waals surface area contributed by atoms with E-state index in [0.29, 0.717) is 5.01 Å². The minimum absolute atomic E-state index is 0.111. The minimum Gasteiger partial charge on any atom is -0.343 e. The molecule has 0 saturated carbocycles. The Bertz CT molecular complexity index is 842. The molecule has 0 bridgehead atoms. The Morgan fingerprint density at radius 2 is 2.17 bits per heavy atom. The highest BCUT2D eigenvalue weighted by atomic mass is 32.2. The van der Waals surface area contributed by atoms with Gasteiger partial charge in [-0.3, -0.25) is 4.79 Å². The molecule has 0 unspecified atom stereocenters. The van der Waals surface area contributed by atoms with Crippen LogP contribution in [0.3, 0.4) is 0 Å². The normalized spacial score (nSPS) is 10.8. The SMILES string of the molecule is Cc1cc(-n2ccnc2)ccc1CSc1nnc(C(=O)N(C)C)s1. The van der Waals surface area contributed by atoms with Crippen LogP contribution in [0.5, 0.6) is 0 Å². The van der Waals surface area contributed by atoms with Gasteiger partial charge in [-0.15, -0.1) is 10.2 Å². The summed E-state index contributed by atoms with van der Waals surface area (Å²) in [6.07, 6.45) is 5.47. The Kier molecular flexibility index (Phi) is 4.96. The summed E-state index contributed by atoms with van der Waals surface area (Å²) in [7, 11) is 3.42. The lowest BCUT2D eigenvalue weighted by atomic mass is 10.1. The molecular weight excluding hydrogens is 342 g/mol. The summed E-state index contributed by atoms with van der Waals surface area (Å²) in [5.41, 5.74) is 3.54. The molecule has 2 aromatic heterocycles. The number of imidazole rings is 1. The van der Waals surface area contributed by atoms with Gasteiger partial charge in [-0.1, -0.05) is 29.2 Å². The first-order chi connectivity index (χ1) is 11.5. The Morgan fingerprint density at radius 3 is 2.83 bits per heavy atom. The second-order valence-corrected chi connectivity index (χ2v) is 7.64. The Hall–Kier alpha value is -2.19. The summed E-state index contributed by atoms with van der Waals surface area (Å²) in [6.45, 7) is 2.09. The number of thioether (sulfide) groups is 1. The lowest BCUT2D eigenvalue weighted by Crippen LogP contribution is -2.21. The van der Waals surface area contributed by atoms with Crippen LogP contribution in [0.4, 0.5) is 0 Å². The predicted octanol–water partition coefficient (Wildman–Crippen LogP) is 3.03. The number of aryl methyl sites for hydroxylation is 1. The van der Waals surface area contributed by atoms with E-state index in [0.717, 1.165) is 15.8 Å². The zero-order valence-corrected chi connectivity index (χ0v) is 15.3. The average Bonchev–Trinajstić information content (AvgIpc) is 3.24. The van der Waals surface area contributed by atoms with Gasteiger partial charge in [0.1, 0.15) is 0 Å². The topological polar surface area (TPSA) is 63.9 Å². The monoisotopic (exact) mass is 359 g/mol. The van der Waals surface area contributed by atoms with Crippen molar-refractivity contribution in [3.05, 3.63) is 53.1 Å². The fourth-order valence-electron chi connectivity index (χ4n) is 2.10. The molecule has 1 amide bonds. The number of carbonyl (C=O) groups excluding carboxylic acids is 1. The number of hydrogen-bond acceptors (Lipinski definition) is 6. The quantitative estimate of drug-likeness (QED) is 0.655. The summed E-state index contributed by atoms with van der Waals surface area (Å²) < 4.78 is 2.78. The van der Waals surface area contributed by atoms with E-state index >= 15 is 0 Å². The molecule has 8 heteroatoms. The molecule has 0 aliphatic rings. The van der Waals surface area contributed by atoms with Gasteiger partial charge in [0, 0.05) is 37.9 Å². The summed E-state index contributed by atoms with van der Waals surface area (Å²) in [5, 5.41) is 8.49. The van der Waals surface area contributed by atoms with Gasteiger partial charge in [0.15, 0.2) is 4.34 Å². The molecule has 0 aliphatic heterocycles. The molecule has 1 aromatic carbocycles. The van der Waals surface area contributed by atoms with E-state index in [1.807, 2.05) is 10.8 Å². The van der Waals surface area contributed by atoms with E-state index < -0.39 is 0 Å². The first-order valence-electron chi connectivity index (χ1n) is 7.30. The molecule has 24 heavy (non-hydrogen) atoms. The maximum absolute atomic E-state index is 11.9. The van der Waals surface area contributed by atoms with Crippen LogP contribution in [0.1, 0.15) is 20.9 Å². The number of aromatic nitrogens is 4. The van der Waals surface area contributed by atoms with Gasteiger partial charge in [0.2, 0.25) is 5.01 Å². The first-order valence-corrected chi connectivity index (χ1v) is 9.10. The standard InChI is InChI=1S/C16H17N5OS2/c1-11-8-13(21-7-6-17-10-21)5-4-12(11)9-23-16-19-18-14(24-16)15(22)20(2)3/h4-8,10H,9H2,1-3H3. The van der Waals surface area contributed by atoms with Gasteiger partial charge in [0.05, 0.1) is 6.33 Å². The number of amides is 1. The predicted molar refractivity (Wildman–Crippen MR) is 95.8 cm³/mol. The largest absolute Gasteiger partial charge is 0.343 e. The molecule has 0 saturated heterocycles. The van der Waals surface area contributed by atoms with Gasteiger partial charge < -0.3 is 9.47 Å². The van der Waals surface area contributed by atoms with Crippen molar-refractivity contribution in [1.82, 2.24) is 24.6 Å². The van der Waals surface area contributed by atoms with Crippen molar-refractivity contribution in [3.63, 3.8) is 0 Å². The van der Waals surface area contributed by atoms with Crippen LogP contribution in [-0.4, -0.2) is 44.7 Å². The van der Waals surface area contributed by atoms with Gasteiger partial charge in [-0.05, 0) is 30.2 Å². The zero-order chi connectivity index (χ0) is 17.1. The van der Waals surface area contributed by atoms with Gasteiger partial charge >= 0.3 is 0 Å². The third-order valence-electron chi connectivity index (χ3n) is 3.48. The zero-order valence-electron chi connectivity index (χ0n) is 13.6. The Labute approximate surface area is 148 Å². The molecule has 2 heterocycles. The minimum atomic E-state index is -0.111.